The van der Waals surface area contributed by atoms with Crippen LogP contribution in [0.25, 0.3) is 0 Å². The standard InChI is InChI=1S/C14H25N3O2S/c1-15-14(19)11-3-2-8-17(9-11)13(18)10-20-12-4-6-16-7-5-12/h11-12,16H,2-10H2,1H3,(H,15,19). The smallest absolute Gasteiger partial charge is 0.232 e. The fourth-order valence-corrected chi connectivity index (χ4v) is 3.99. The van der Waals surface area contributed by atoms with Gasteiger partial charge in [0.15, 0.2) is 0 Å². The molecule has 2 saturated heterocycles. The summed E-state index contributed by atoms with van der Waals surface area (Å²) in [6.07, 6.45) is 4.13. The van der Waals surface area contributed by atoms with Crippen LogP contribution < -0.4 is 10.6 Å². The molecule has 0 aromatic heterocycles. The molecule has 114 valence electrons. The fraction of sp³-hybridized carbons (Fsp3) is 0.857. The third-order valence-electron chi connectivity index (χ3n) is 4.12. The minimum absolute atomic E-state index is 0.0263. The molecule has 0 bridgehead atoms. The zero-order valence-corrected chi connectivity index (χ0v) is 13.0. The van der Waals surface area contributed by atoms with E-state index in [9.17, 15) is 9.59 Å². The molecule has 2 N–H and O–H groups in total. The maximum atomic E-state index is 12.3. The molecule has 1 unspecified atom stereocenters. The second-order valence-corrected chi connectivity index (χ2v) is 6.84. The fourth-order valence-electron chi connectivity index (χ4n) is 2.86. The number of piperidine rings is 2. The third-order valence-corrected chi connectivity index (χ3v) is 5.48. The second-order valence-electron chi connectivity index (χ2n) is 5.55. The Bertz CT molecular complexity index is 345. The van der Waals surface area contributed by atoms with Gasteiger partial charge in [-0.15, -0.1) is 11.8 Å². The van der Waals surface area contributed by atoms with E-state index in [1.165, 1.54) is 0 Å². The first-order chi connectivity index (χ1) is 9.70. The van der Waals surface area contributed by atoms with Crippen LogP contribution in [-0.4, -0.2) is 60.9 Å². The summed E-state index contributed by atoms with van der Waals surface area (Å²) in [7, 11) is 1.66. The van der Waals surface area contributed by atoms with Gasteiger partial charge >= 0.3 is 0 Å². The molecule has 2 amide bonds. The average Bonchev–Trinajstić information content (AvgIpc) is 2.53. The van der Waals surface area contributed by atoms with Crippen molar-refractivity contribution in [3.8, 4) is 0 Å². The van der Waals surface area contributed by atoms with E-state index >= 15 is 0 Å². The number of nitrogens with zero attached hydrogens (tertiary/aromatic N) is 1. The summed E-state index contributed by atoms with van der Waals surface area (Å²) in [5, 5.41) is 6.64. The first-order valence-electron chi connectivity index (χ1n) is 7.52. The zero-order valence-electron chi connectivity index (χ0n) is 12.2. The molecule has 0 saturated carbocycles. The Kier molecular flexibility index (Phi) is 6.16. The van der Waals surface area contributed by atoms with Gasteiger partial charge in [-0.05, 0) is 38.8 Å². The summed E-state index contributed by atoms with van der Waals surface area (Å²) >= 11 is 1.78. The monoisotopic (exact) mass is 299 g/mol. The number of amides is 2. The highest BCUT2D eigenvalue weighted by Gasteiger charge is 2.28. The van der Waals surface area contributed by atoms with Gasteiger partial charge in [-0.2, -0.15) is 0 Å². The van der Waals surface area contributed by atoms with Crippen molar-refractivity contribution in [1.29, 1.82) is 0 Å². The maximum Gasteiger partial charge on any atom is 0.232 e. The topological polar surface area (TPSA) is 61.4 Å². The minimum atomic E-state index is -0.0263. The van der Waals surface area contributed by atoms with Crippen molar-refractivity contribution in [3.63, 3.8) is 0 Å². The predicted octanol–water partition coefficient (Wildman–Crippen LogP) is 0.456. The summed E-state index contributed by atoms with van der Waals surface area (Å²) in [5.41, 5.74) is 0. The number of likely N-dealkylation sites (tertiary alicyclic amines) is 1. The van der Waals surface area contributed by atoms with E-state index in [1.807, 2.05) is 4.90 Å². The van der Waals surface area contributed by atoms with Crippen molar-refractivity contribution in [1.82, 2.24) is 15.5 Å². The highest BCUT2D eigenvalue weighted by molar-refractivity contribution is 8.00. The van der Waals surface area contributed by atoms with E-state index in [0.29, 0.717) is 17.5 Å². The largest absolute Gasteiger partial charge is 0.359 e. The van der Waals surface area contributed by atoms with E-state index in [4.69, 9.17) is 0 Å². The van der Waals surface area contributed by atoms with Crippen LogP contribution in [0.15, 0.2) is 0 Å². The van der Waals surface area contributed by atoms with Crippen molar-refractivity contribution in [2.24, 2.45) is 5.92 Å². The molecule has 2 fully saturated rings. The van der Waals surface area contributed by atoms with Crippen molar-refractivity contribution in [3.05, 3.63) is 0 Å². The second kappa shape index (κ2) is 7.88. The molecule has 6 heteroatoms. The van der Waals surface area contributed by atoms with Crippen LogP contribution in [0.1, 0.15) is 25.7 Å². The normalized spacial score (nSPS) is 24.4. The number of carbonyl (C=O) groups excluding carboxylic acids is 2. The molecular weight excluding hydrogens is 274 g/mol. The van der Waals surface area contributed by atoms with Crippen LogP contribution in [0.2, 0.25) is 0 Å². The van der Waals surface area contributed by atoms with Crippen molar-refractivity contribution >= 4 is 23.6 Å². The molecule has 2 rings (SSSR count). The molecular formula is C14H25N3O2S. The molecule has 2 heterocycles. The van der Waals surface area contributed by atoms with Crippen LogP contribution in [0, 0.1) is 5.92 Å². The van der Waals surface area contributed by atoms with Gasteiger partial charge in [0.05, 0.1) is 11.7 Å². The first-order valence-corrected chi connectivity index (χ1v) is 8.57. The Balaban J connectivity index is 1.75. The summed E-state index contributed by atoms with van der Waals surface area (Å²) in [6.45, 7) is 3.52. The number of carbonyl (C=O) groups is 2. The molecule has 5 nitrogen and oxygen atoms in total. The summed E-state index contributed by atoms with van der Waals surface area (Å²) in [4.78, 5) is 25.8. The number of rotatable bonds is 4. The highest BCUT2D eigenvalue weighted by atomic mass is 32.2. The van der Waals surface area contributed by atoms with E-state index < -0.39 is 0 Å². The lowest BCUT2D eigenvalue weighted by Gasteiger charge is -2.32. The van der Waals surface area contributed by atoms with Crippen molar-refractivity contribution in [2.75, 3.05) is 39.0 Å². The van der Waals surface area contributed by atoms with E-state index in [-0.39, 0.29) is 17.7 Å². The summed E-state index contributed by atoms with van der Waals surface area (Å²) in [6, 6.07) is 0. The molecule has 0 aromatic rings. The van der Waals surface area contributed by atoms with Gasteiger partial charge in [0.2, 0.25) is 11.8 Å². The lowest BCUT2D eigenvalue weighted by molar-refractivity contribution is -0.133. The van der Waals surface area contributed by atoms with Gasteiger partial charge in [-0.3, -0.25) is 9.59 Å². The maximum absolute atomic E-state index is 12.3. The Hall–Kier alpha value is -0.750. The summed E-state index contributed by atoms with van der Waals surface area (Å²) in [5.74, 6) is 0.794. The lowest BCUT2D eigenvalue weighted by Crippen LogP contribution is -2.45. The van der Waals surface area contributed by atoms with Crippen LogP contribution in [0.5, 0.6) is 0 Å². The Labute approximate surface area is 125 Å². The van der Waals surface area contributed by atoms with Crippen LogP contribution in [0.3, 0.4) is 0 Å². The molecule has 0 radical (unpaired) electrons. The Morgan fingerprint density at radius 2 is 2.05 bits per heavy atom. The molecule has 2 aliphatic heterocycles. The van der Waals surface area contributed by atoms with Crippen molar-refractivity contribution < 1.29 is 9.59 Å². The minimum Gasteiger partial charge on any atom is -0.359 e. The number of nitrogens with one attached hydrogen (secondary N) is 2. The van der Waals surface area contributed by atoms with Crippen LogP contribution in [0.4, 0.5) is 0 Å². The van der Waals surface area contributed by atoms with Gasteiger partial charge in [0.1, 0.15) is 0 Å². The van der Waals surface area contributed by atoms with Gasteiger partial charge in [-0.25, -0.2) is 0 Å². The summed E-state index contributed by atoms with van der Waals surface area (Å²) < 4.78 is 0. The van der Waals surface area contributed by atoms with Gasteiger partial charge in [-0.1, -0.05) is 0 Å². The van der Waals surface area contributed by atoms with E-state index in [0.717, 1.165) is 45.3 Å². The van der Waals surface area contributed by atoms with Crippen LogP contribution in [-0.2, 0) is 9.59 Å². The Morgan fingerprint density at radius 1 is 1.30 bits per heavy atom. The molecule has 1 atom stereocenters. The lowest BCUT2D eigenvalue weighted by atomic mass is 9.97. The van der Waals surface area contributed by atoms with Crippen LogP contribution >= 0.6 is 11.8 Å². The quantitative estimate of drug-likeness (QED) is 0.791. The van der Waals surface area contributed by atoms with Gasteiger partial charge in [0, 0.05) is 25.4 Å². The molecule has 0 aliphatic carbocycles. The third kappa shape index (κ3) is 4.38. The number of hydrogen-bond donors (Lipinski definition) is 2. The van der Waals surface area contributed by atoms with Gasteiger partial charge < -0.3 is 15.5 Å². The Morgan fingerprint density at radius 3 is 2.75 bits per heavy atom. The molecule has 0 spiro atoms. The molecule has 20 heavy (non-hydrogen) atoms. The van der Waals surface area contributed by atoms with E-state index in [2.05, 4.69) is 10.6 Å². The highest BCUT2D eigenvalue weighted by Crippen LogP contribution is 2.22. The zero-order chi connectivity index (χ0) is 14.4. The van der Waals surface area contributed by atoms with Crippen molar-refractivity contribution in [2.45, 2.75) is 30.9 Å². The number of thioether (sulfide) groups is 1. The SMILES string of the molecule is CNC(=O)C1CCCN(C(=O)CSC2CCNCC2)C1. The molecule has 0 aromatic carbocycles. The van der Waals surface area contributed by atoms with E-state index in [1.54, 1.807) is 18.8 Å². The van der Waals surface area contributed by atoms with Gasteiger partial charge in [0.25, 0.3) is 0 Å². The first kappa shape index (κ1) is 15.6. The molecule has 2 aliphatic rings. The predicted molar refractivity (Wildman–Crippen MR) is 81.7 cm³/mol. The average molecular weight is 299 g/mol. The number of hydrogen-bond acceptors (Lipinski definition) is 4.